The molecular weight excluding hydrogens is 394 g/mol. The molecule has 5 heteroatoms. The maximum absolute atomic E-state index is 10.7. The van der Waals surface area contributed by atoms with Crippen LogP contribution in [0, 0.1) is 0 Å². The van der Waals surface area contributed by atoms with E-state index in [1.165, 1.54) is 12.1 Å². The van der Waals surface area contributed by atoms with Crippen molar-refractivity contribution in [2.45, 2.75) is 6.61 Å². The predicted octanol–water partition coefficient (Wildman–Crippen LogP) is 4.14. The van der Waals surface area contributed by atoms with E-state index in [1.54, 1.807) is 18.3 Å². The van der Waals surface area contributed by atoms with Crippen molar-refractivity contribution in [3.05, 3.63) is 94.0 Å². The van der Waals surface area contributed by atoms with Gasteiger partial charge in [0.25, 0.3) is 0 Å². The molecule has 0 aromatic heterocycles. The number of carboxylic acids is 1. The van der Waals surface area contributed by atoms with Crippen molar-refractivity contribution in [2.24, 2.45) is 4.99 Å². The molecule has 0 saturated carbocycles. The summed E-state index contributed by atoms with van der Waals surface area (Å²) in [5.41, 5.74) is 2.82. The van der Waals surface area contributed by atoms with Crippen LogP contribution in [0.25, 0.3) is 0 Å². The SMILES string of the molecule is O=C([O-])c1ccc(N=Cc2ccc(OCc3ccc(Br)cc3)cc2)cc1. The van der Waals surface area contributed by atoms with Gasteiger partial charge in [0.1, 0.15) is 12.4 Å². The second kappa shape index (κ2) is 8.45. The van der Waals surface area contributed by atoms with Gasteiger partial charge in [-0.1, -0.05) is 40.2 Å². The fourth-order valence-corrected chi connectivity index (χ4v) is 2.49. The lowest BCUT2D eigenvalue weighted by atomic mass is 10.2. The minimum Gasteiger partial charge on any atom is -0.545 e. The molecule has 3 aromatic carbocycles. The molecule has 0 aliphatic heterocycles. The Balaban J connectivity index is 1.58. The zero-order valence-electron chi connectivity index (χ0n) is 13.8. The van der Waals surface area contributed by atoms with E-state index < -0.39 is 5.97 Å². The third kappa shape index (κ3) is 5.04. The number of nitrogens with zero attached hydrogens (tertiary/aromatic N) is 1. The maximum atomic E-state index is 10.7. The highest BCUT2D eigenvalue weighted by atomic mass is 79.9. The molecule has 3 rings (SSSR count). The smallest absolute Gasteiger partial charge is 0.119 e. The quantitative estimate of drug-likeness (QED) is 0.575. The van der Waals surface area contributed by atoms with Crippen molar-refractivity contribution in [2.75, 3.05) is 0 Å². The van der Waals surface area contributed by atoms with Gasteiger partial charge in [-0.15, -0.1) is 0 Å². The highest BCUT2D eigenvalue weighted by molar-refractivity contribution is 9.10. The zero-order chi connectivity index (χ0) is 18.4. The number of benzene rings is 3. The largest absolute Gasteiger partial charge is 0.545 e. The van der Waals surface area contributed by atoms with Gasteiger partial charge in [-0.05, 0) is 65.2 Å². The normalized spacial score (nSPS) is 10.8. The summed E-state index contributed by atoms with van der Waals surface area (Å²) in [4.78, 5) is 15.0. The summed E-state index contributed by atoms with van der Waals surface area (Å²) in [5.74, 6) is -0.414. The minimum absolute atomic E-state index is 0.135. The van der Waals surface area contributed by atoms with E-state index in [9.17, 15) is 9.90 Å². The van der Waals surface area contributed by atoms with Crippen LogP contribution in [0.15, 0.2) is 82.3 Å². The fraction of sp³-hybridized carbons (Fsp3) is 0.0476. The summed E-state index contributed by atoms with van der Waals surface area (Å²) in [6, 6.07) is 21.8. The molecule has 130 valence electrons. The van der Waals surface area contributed by atoms with E-state index in [2.05, 4.69) is 20.9 Å². The number of hydrogen-bond acceptors (Lipinski definition) is 4. The van der Waals surface area contributed by atoms with Crippen molar-refractivity contribution >= 4 is 33.8 Å². The monoisotopic (exact) mass is 408 g/mol. The van der Waals surface area contributed by atoms with Gasteiger partial charge in [-0.25, -0.2) is 0 Å². The lowest BCUT2D eigenvalue weighted by Gasteiger charge is -2.06. The van der Waals surface area contributed by atoms with Crippen LogP contribution in [0.2, 0.25) is 0 Å². The van der Waals surface area contributed by atoms with Crippen LogP contribution in [0.4, 0.5) is 5.69 Å². The van der Waals surface area contributed by atoms with Crippen LogP contribution in [0.3, 0.4) is 0 Å². The highest BCUT2D eigenvalue weighted by Crippen LogP contribution is 2.17. The third-order valence-electron chi connectivity index (χ3n) is 3.66. The molecular formula is C21H15BrNO3-. The zero-order valence-corrected chi connectivity index (χ0v) is 15.3. The molecule has 0 radical (unpaired) electrons. The summed E-state index contributed by atoms with van der Waals surface area (Å²) in [6.45, 7) is 0.505. The average molecular weight is 409 g/mol. The Morgan fingerprint density at radius 2 is 1.62 bits per heavy atom. The second-order valence-electron chi connectivity index (χ2n) is 5.58. The highest BCUT2D eigenvalue weighted by Gasteiger charge is 1.97. The molecule has 0 aliphatic carbocycles. The van der Waals surface area contributed by atoms with E-state index in [-0.39, 0.29) is 5.56 Å². The molecule has 0 bridgehead atoms. The molecule has 4 nitrogen and oxygen atoms in total. The molecule has 3 aromatic rings. The van der Waals surface area contributed by atoms with Gasteiger partial charge in [0.15, 0.2) is 0 Å². The molecule has 0 amide bonds. The number of aromatic carboxylic acids is 1. The van der Waals surface area contributed by atoms with Crippen LogP contribution in [0.5, 0.6) is 5.75 Å². The number of carbonyl (C=O) groups is 1. The first-order chi connectivity index (χ1) is 12.6. The number of carbonyl (C=O) groups excluding carboxylic acids is 1. The Morgan fingerprint density at radius 1 is 0.962 bits per heavy atom. The fourth-order valence-electron chi connectivity index (χ4n) is 2.23. The van der Waals surface area contributed by atoms with Gasteiger partial charge in [0, 0.05) is 10.7 Å². The number of hydrogen-bond donors (Lipinski definition) is 0. The predicted molar refractivity (Wildman–Crippen MR) is 103 cm³/mol. The Hall–Kier alpha value is -2.92. The Morgan fingerprint density at radius 3 is 2.23 bits per heavy atom. The van der Waals surface area contributed by atoms with E-state index in [1.807, 2.05) is 48.5 Å². The average Bonchev–Trinajstić information content (AvgIpc) is 2.67. The topological polar surface area (TPSA) is 61.7 Å². The van der Waals surface area contributed by atoms with Crippen molar-refractivity contribution in [3.63, 3.8) is 0 Å². The van der Waals surface area contributed by atoms with Crippen LogP contribution in [-0.4, -0.2) is 12.2 Å². The lowest BCUT2D eigenvalue weighted by Crippen LogP contribution is -2.21. The van der Waals surface area contributed by atoms with Crippen LogP contribution >= 0.6 is 15.9 Å². The van der Waals surface area contributed by atoms with Gasteiger partial charge in [0.05, 0.1) is 11.7 Å². The molecule has 0 fully saturated rings. The first kappa shape index (κ1) is 17.9. The van der Waals surface area contributed by atoms with Crippen LogP contribution in [0.1, 0.15) is 21.5 Å². The summed E-state index contributed by atoms with van der Waals surface area (Å²) in [5, 5.41) is 10.7. The van der Waals surface area contributed by atoms with Gasteiger partial charge in [0.2, 0.25) is 0 Å². The number of carboxylic acid groups (broad SMARTS) is 1. The van der Waals surface area contributed by atoms with Crippen LogP contribution < -0.4 is 9.84 Å². The van der Waals surface area contributed by atoms with Gasteiger partial charge >= 0.3 is 0 Å². The van der Waals surface area contributed by atoms with Crippen molar-refractivity contribution in [1.82, 2.24) is 0 Å². The molecule has 26 heavy (non-hydrogen) atoms. The van der Waals surface area contributed by atoms with Crippen LogP contribution in [-0.2, 0) is 6.61 Å². The van der Waals surface area contributed by atoms with Crippen molar-refractivity contribution < 1.29 is 14.6 Å². The van der Waals surface area contributed by atoms with E-state index in [4.69, 9.17) is 4.74 Å². The minimum atomic E-state index is -1.20. The molecule has 0 spiro atoms. The van der Waals surface area contributed by atoms with Gasteiger partial charge < -0.3 is 14.6 Å². The number of rotatable bonds is 6. The lowest BCUT2D eigenvalue weighted by molar-refractivity contribution is -0.255. The Labute approximate surface area is 159 Å². The first-order valence-electron chi connectivity index (χ1n) is 7.93. The number of ether oxygens (including phenoxy) is 1. The molecule has 0 heterocycles. The number of aliphatic imine (C=N–C) groups is 1. The van der Waals surface area contributed by atoms with Crippen molar-refractivity contribution in [3.8, 4) is 5.75 Å². The van der Waals surface area contributed by atoms with Crippen molar-refractivity contribution in [1.29, 1.82) is 0 Å². The molecule has 0 N–H and O–H groups in total. The molecule has 0 atom stereocenters. The maximum Gasteiger partial charge on any atom is 0.119 e. The Kier molecular flexibility index (Phi) is 5.81. The van der Waals surface area contributed by atoms with E-state index in [0.717, 1.165) is 21.3 Å². The van der Waals surface area contributed by atoms with E-state index in [0.29, 0.717) is 12.3 Å². The standard InChI is InChI=1S/C21H16BrNO3/c22-18-7-1-16(2-8-18)14-26-20-11-3-15(4-12-20)13-23-19-9-5-17(6-10-19)21(24)25/h1-13H,14H2,(H,24,25)/p-1. The molecule has 0 aliphatic rings. The summed E-state index contributed by atoms with van der Waals surface area (Å²) >= 11 is 3.41. The van der Waals surface area contributed by atoms with E-state index >= 15 is 0 Å². The van der Waals surface area contributed by atoms with Gasteiger partial charge in [-0.3, -0.25) is 4.99 Å². The first-order valence-corrected chi connectivity index (χ1v) is 8.72. The number of halogens is 1. The summed E-state index contributed by atoms with van der Waals surface area (Å²) in [7, 11) is 0. The van der Waals surface area contributed by atoms with Gasteiger partial charge in [-0.2, -0.15) is 0 Å². The molecule has 0 unspecified atom stereocenters. The third-order valence-corrected chi connectivity index (χ3v) is 4.19. The summed E-state index contributed by atoms with van der Waals surface area (Å²) in [6.07, 6.45) is 1.71. The summed E-state index contributed by atoms with van der Waals surface area (Å²) < 4.78 is 6.80. The molecule has 0 saturated heterocycles. The second-order valence-corrected chi connectivity index (χ2v) is 6.49. The Bertz CT molecular complexity index is 901.